The highest BCUT2D eigenvalue weighted by atomic mass is 32.2. The summed E-state index contributed by atoms with van der Waals surface area (Å²) in [5.41, 5.74) is -5.53. The van der Waals surface area contributed by atoms with Gasteiger partial charge in [0, 0.05) is 0 Å². The van der Waals surface area contributed by atoms with E-state index in [1.54, 1.807) is 18.5 Å². The third-order valence-electron chi connectivity index (χ3n) is 2.78. The molecule has 0 aromatic carbocycles. The molecule has 0 fully saturated rings. The maximum Gasteiger partial charge on any atom is 0.522 e. The topological polar surface area (TPSA) is 54.4 Å². The average molecular weight is 352 g/mol. The fourth-order valence-electron chi connectivity index (χ4n) is 1.48. The van der Waals surface area contributed by atoms with Gasteiger partial charge in [0.1, 0.15) is 0 Å². The van der Waals surface area contributed by atoms with Crippen LogP contribution in [0, 0.1) is 0 Å². The molecular formula is C13H28F3O3PS. The van der Waals surface area contributed by atoms with Crippen molar-refractivity contribution >= 4 is 18.0 Å². The first-order valence-corrected chi connectivity index (χ1v) is 10.7. The molecule has 0 atom stereocenters. The number of halogens is 3. The molecule has 0 bridgehead atoms. The molecule has 0 saturated heterocycles. The Morgan fingerprint density at radius 1 is 0.857 bits per heavy atom. The molecule has 0 radical (unpaired) electrons. The van der Waals surface area contributed by atoms with Crippen molar-refractivity contribution in [2.24, 2.45) is 0 Å². The number of unbranched alkanes of at least 4 members (excludes halogenated alkanes) is 3. The molecule has 8 heteroatoms. The molecule has 0 aliphatic rings. The molecule has 0 aromatic rings. The molecule has 0 aliphatic heterocycles. The fourth-order valence-corrected chi connectivity index (χ4v) is 4.44. The van der Waals surface area contributed by atoms with Crippen molar-refractivity contribution in [2.45, 2.75) is 64.8 Å². The Hall–Kier alpha value is 0.130. The molecule has 0 unspecified atom stereocenters. The summed E-state index contributed by atoms with van der Waals surface area (Å²) in [6, 6.07) is 0. The molecule has 1 N–H and O–H groups in total. The molecule has 0 saturated carbocycles. The van der Waals surface area contributed by atoms with Crippen LogP contribution in [-0.2, 0) is 10.1 Å². The number of rotatable bonds is 9. The molecule has 3 nitrogen and oxygen atoms in total. The third kappa shape index (κ3) is 14.8. The monoisotopic (exact) mass is 352 g/mol. The second-order valence-electron chi connectivity index (χ2n) is 4.82. The van der Waals surface area contributed by atoms with E-state index < -0.39 is 15.6 Å². The van der Waals surface area contributed by atoms with Gasteiger partial charge in [0.2, 0.25) is 0 Å². The maximum absolute atomic E-state index is 10.7. The van der Waals surface area contributed by atoms with Crippen LogP contribution in [0.5, 0.6) is 0 Å². The zero-order valence-corrected chi connectivity index (χ0v) is 14.8. The van der Waals surface area contributed by atoms with Crippen LogP contribution >= 0.6 is 7.92 Å². The summed E-state index contributed by atoms with van der Waals surface area (Å²) in [5, 5.41) is 0. The quantitative estimate of drug-likeness (QED) is 0.350. The summed E-state index contributed by atoms with van der Waals surface area (Å²) in [4.78, 5) is 0. The summed E-state index contributed by atoms with van der Waals surface area (Å²) in [5.74, 6) is 0. The SMILES string of the molecule is CCCCP(CCCC)CCCC.O=S(=O)(O)C(F)(F)F. The van der Waals surface area contributed by atoms with Gasteiger partial charge < -0.3 is 0 Å². The van der Waals surface area contributed by atoms with E-state index in [0.717, 1.165) is 0 Å². The van der Waals surface area contributed by atoms with E-state index in [1.807, 2.05) is 0 Å². The van der Waals surface area contributed by atoms with Gasteiger partial charge >= 0.3 is 15.6 Å². The summed E-state index contributed by atoms with van der Waals surface area (Å²) >= 11 is 0. The van der Waals surface area contributed by atoms with Gasteiger partial charge in [-0.05, 0) is 37.7 Å². The van der Waals surface area contributed by atoms with Crippen LogP contribution in [0.1, 0.15) is 59.3 Å². The number of hydrogen-bond donors (Lipinski definition) is 1. The van der Waals surface area contributed by atoms with E-state index in [1.165, 1.54) is 38.5 Å². The lowest BCUT2D eigenvalue weighted by molar-refractivity contribution is -0.0510. The van der Waals surface area contributed by atoms with Crippen LogP contribution in [0.4, 0.5) is 13.2 Å². The van der Waals surface area contributed by atoms with Crippen molar-refractivity contribution in [1.29, 1.82) is 0 Å². The van der Waals surface area contributed by atoms with Crippen LogP contribution < -0.4 is 0 Å². The lowest BCUT2D eigenvalue weighted by atomic mass is 10.4. The summed E-state index contributed by atoms with van der Waals surface area (Å²) in [7, 11) is -5.42. The van der Waals surface area contributed by atoms with Crippen LogP contribution in [0.3, 0.4) is 0 Å². The molecule has 130 valence electrons. The van der Waals surface area contributed by atoms with Gasteiger partial charge in [-0.3, -0.25) is 4.55 Å². The van der Waals surface area contributed by atoms with E-state index in [-0.39, 0.29) is 0 Å². The van der Waals surface area contributed by atoms with Crippen LogP contribution in [0.15, 0.2) is 0 Å². The van der Waals surface area contributed by atoms with Crippen LogP contribution in [0.25, 0.3) is 0 Å². The Labute approximate surface area is 128 Å². The molecule has 0 spiro atoms. The number of alkyl halides is 3. The maximum atomic E-state index is 10.7. The lowest BCUT2D eigenvalue weighted by Gasteiger charge is -2.16. The van der Waals surface area contributed by atoms with Gasteiger partial charge in [-0.2, -0.15) is 21.6 Å². The zero-order chi connectivity index (χ0) is 16.9. The average Bonchev–Trinajstić information content (AvgIpc) is 2.36. The van der Waals surface area contributed by atoms with E-state index in [2.05, 4.69) is 20.8 Å². The van der Waals surface area contributed by atoms with Crippen molar-refractivity contribution in [3.05, 3.63) is 0 Å². The van der Waals surface area contributed by atoms with Gasteiger partial charge in [0.25, 0.3) is 0 Å². The first-order valence-electron chi connectivity index (χ1n) is 7.36. The van der Waals surface area contributed by atoms with Gasteiger partial charge in [-0.15, -0.1) is 7.92 Å². The Morgan fingerprint density at radius 3 is 1.24 bits per heavy atom. The largest absolute Gasteiger partial charge is 0.522 e. The molecule has 0 rings (SSSR count). The molecule has 0 aromatic heterocycles. The van der Waals surface area contributed by atoms with Gasteiger partial charge in [0.05, 0.1) is 0 Å². The van der Waals surface area contributed by atoms with E-state index >= 15 is 0 Å². The smallest absolute Gasteiger partial charge is 0.279 e. The van der Waals surface area contributed by atoms with Crippen molar-refractivity contribution in [3.63, 3.8) is 0 Å². The molecule has 0 amide bonds. The molecule has 0 heterocycles. The van der Waals surface area contributed by atoms with E-state index in [9.17, 15) is 13.2 Å². The minimum Gasteiger partial charge on any atom is -0.279 e. The molecular weight excluding hydrogens is 324 g/mol. The highest BCUT2D eigenvalue weighted by Crippen LogP contribution is 2.38. The Balaban J connectivity index is 0. The highest BCUT2D eigenvalue weighted by Gasteiger charge is 2.44. The third-order valence-corrected chi connectivity index (χ3v) is 6.21. The lowest BCUT2D eigenvalue weighted by Crippen LogP contribution is -2.21. The molecule has 21 heavy (non-hydrogen) atoms. The normalized spacial score (nSPS) is 12.2. The predicted octanol–water partition coefficient (Wildman–Crippen LogP) is 5.26. The second kappa shape index (κ2) is 12.7. The summed E-state index contributed by atoms with van der Waals surface area (Å²) in [6.07, 6.45) is 13.2. The van der Waals surface area contributed by atoms with Gasteiger partial charge in [0.15, 0.2) is 0 Å². The van der Waals surface area contributed by atoms with Crippen molar-refractivity contribution in [1.82, 2.24) is 0 Å². The first-order chi connectivity index (χ1) is 9.60. The predicted molar refractivity (Wildman–Crippen MR) is 83.8 cm³/mol. The van der Waals surface area contributed by atoms with Crippen molar-refractivity contribution < 1.29 is 26.1 Å². The zero-order valence-electron chi connectivity index (χ0n) is 13.1. The summed E-state index contributed by atoms with van der Waals surface area (Å²) < 4.78 is 57.5. The molecule has 0 aliphatic carbocycles. The minimum absolute atomic E-state index is 0.422. The van der Waals surface area contributed by atoms with Gasteiger partial charge in [-0.25, -0.2) is 0 Å². The van der Waals surface area contributed by atoms with Crippen molar-refractivity contribution in [3.8, 4) is 0 Å². The van der Waals surface area contributed by atoms with Crippen molar-refractivity contribution in [2.75, 3.05) is 18.5 Å². The Morgan fingerprint density at radius 2 is 1.10 bits per heavy atom. The van der Waals surface area contributed by atoms with E-state index in [0.29, 0.717) is 7.92 Å². The van der Waals surface area contributed by atoms with Crippen LogP contribution in [0.2, 0.25) is 0 Å². The number of hydrogen-bond acceptors (Lipinski definition) is 2. The second-order valence-corrected chi connectivity index (χ2v) is 8.92. The highest BCUT2D eigenvalue weighted by molar-refractivity contribution is 7.86. The Bertz CT molecular complexity index is 313. The Kier molecular flexibility index (Phi) is 14.1. The first kappa shape index (κ1) is 23.4. The van der Waals surface area contributed by atoms with Crippen LogP contribution in [-0.4, -0.2) is 37.0 Å². The summed E-state index contributed by atoms with van der Waals surface area (Å²) in [6.45, 7) is 6.94. The fraction of sp³-hybridized carbons (Fsp3) is 1.00. The van der Waals surface area contributed by atoms with E-state index in [4.69, 9.17) is 13.0 Å². The minimum atomic E-state index is -5.84. The van der Waals surface area contributed by atoms with Gasteiger partial charge in [-0.1, -0.05) is 40.0 Å². The standard InChI is InChI=1S/C12H27P.CHF3O3S/c1-4-7-10-13(11-8-5-2)12-9-6-3;2-1(3,4)8(5,6)7/h4-12H2,1-3H3;(H,5,6,7).